The van der Waals surface area contributed by atoms with Crippen molar-refractivity contribution in [3.8, 4) is 5.75 Å². The first-order chi connectivity index (χ1) is 14.1. The van der Waals surface area contributed by atoms with Crippen LogP contribution in [-0.4, -0.2) is 29.8 Å². The van der Waals surface area contributed by atoms with Gasteiger partial charge in [-0.3, -0.25) is 14.6 Å². The van der Waals surface area contributed by atoms with Crippen molar-refractivity contribution < 1.29 is 31.9 Å². The molecule has 1 unspecified atom stereocenters. The van der Waals surface area contributed by atoms with E-state index in [1.54, 1.807) is 0 Å². The molecule has 1 fully saturated rings. The van der Waals surface area contributed by atoms with Gasteiger partial charge in [0.25, 0.3) is 5.91 Å². The van der Waals surface area contributed by atoms with Crippen LogP contribution in [0, 0.1) is 17.6 Å². The number of amides is 2. The smallest absolute Gasteiger partial charge is 0.267 e. The van der Waals surface area contributed by atoms with Crippen LogP contribution < -0.4 is 15.8 Å². The number of nitrogens with two attached hydrogens (primary N) is 1. The average Bonchev–Trinajstić information content (AvgIpc) is 2.70. The van der Waals surface area contributed by atoms with E-state index in [9.17, 15) is 27.2 Å². The fourth-order valence-corrected chi connectivity index (χ4v) is 2.92. The summed E-state index contributed by atoms with van der Waals surface area (Å²) in [7, 11) is 1.29. The Morgan fingerprint density at radius 2 is 2.00 bits per heavy atom. The quantitative estimate of drug-likeness (QED) is 0.724. The number of ether oxygens (including phenoxy) is 1. The molecular formula is C20H21F4N3O3. The second-order valence-corrected chi connectivity index (χ2v) is 6.69. The van der Waals surface area contributed by atoms with Crippen molar-refractivity contribution in [1.82, 2.24) is 4.98 Å². The van der Waals surface area contributed by atoms with E-state index in [1.165, 1.54) is 37.6 Å². The molecule has 162 valence electrons. The largest absolute Gasteiger partial charge is 0.494 e. The highest BCUT2D eigenvalue weighted by Gasteiger charge is 2.39. The van der Waals surface area contributed by atoms with Crippen molar-refractivity contribution in [2.24, 2.45) is 11.7 Å². The maximum Gasteiger partial charge on any atom is 0.267 e. The van der Waals surface area contributed by atoms with Crippen LogP contribution in [0.4, 0.5) is 23.2 Å². The molecule has 1 aromatic carbocycles. The summed E-state index contributed by atoms with van der Waals surface area (Å²) in [6, 6.07) is 6.58. The molecule has 0 aliphatic heterocycles. The molecule has 1 aliphatic rings. The molecule has 0 bridgehead atoms. The number of halogens is 4. The fourth-order valence-electron chi connectivity index (χ4n) is 2.92. The van der Waals surface area contributed by atoms with E-state index < -0.39 is 41.7 Å². The molecule has 1 heterocycles. The summed E-state index contributed by atoms with van der Waals surface area (Å²) < 4.78 is 55.9. The van der Waals surface area contributed by atoms with Crippen LogP contribution >= 0.6 is 0 Å². The van der Waals surface area contributed by atoms with E-state index >= 15 is 0 Å². The number of hydrogen-bond donors (Lipinski definition) is 2. The molecule has 6 nitrogen and oxygen atoms in total. The molecule has 0 saturated heterocycles. The van der Waals surface area contributed by atoms with Crippen LogP contribution in [-0.2, 0) is 4.79 Å². The minimum atomic E-state index is -2.78. The van der Waals surface area contributed by atoms with Gasteiger partial charge >= 0.3 is 0 Å². The lowest BCUT2D eigenvalue weighted by molar-refractivity contribution is -0.127. The van der Waals surface area contributed by atoms with E-state index in [0.717, 1.165) is 6.07 Å². The molecule has 1 aromatic heterocycles. The maximum absolute atomic E-state index is 13.3. The molecule has 1 saturated carbocycles. The van der Waals surface area contributed by atoms with E-state index in [2.05, 4.69) is 15.0 Å². The summed E-state index contributed by atoms with van der Waals surface area (Å²) in [4.78, 5) is 26.7. The number of rotatable bonds is 4. The summed E-state index contributed by atoms with van der Waals surface area (Å²) in [6.45, 7) is 0. The maximum atomic E-state index is 13.3. The number of nitrogens with one attached hydrogen (secondary N) is 1. The summed E-state index contributed by atoms with van der Waals surface area (Å²) in [5.74, 6) is -6.58. The molecule has 30 heavy (non-hydrogen) atoms. The molecule has 1 aliphatic carbocycles. The Hall–Kier alpha value is -3.17. The summed E-state index contributed by atoms with van der Waals surface area (Å²) in [6.07, 6.45) is 1.48. The number of pyridine rings is 1. The van der Waals surface area contributed by atoms with Crippen molar-refractivity contribution in [2.45, 2.75) is 31.6 Å². The zero-order valence-corrected chi connectivity index (χ0v) is 16.1. The molecule has 1 atom stereocenters. The van der Waals surface area contributed by atoms with Gasteiger partial charge < -0.3 is 15.8 Å². The van der Waals surface area contributed by atoms with Crippen molar-refractivity contribution in [1.29, 1.82) is 0 Å². The monoisotopic (exact) mass is 427 g/mol. The van der Waals surface area contributed by atoms with Crippen LogP contribution in [0.1, 0.15) is 36.2 Å². The molecule has 3 rings (SSSR count). The minimum absolute atomic E-state index is 0.0109. The fraction of sp³-hybridized carbons (Fsp3) is 0.350. The summed E-state index contributed by atoms with van der Waals surface area (Å²) >= 11 is 0. The number of benzene rings is 1. The molecule has 2 amide bonds. The Balaban J connectivity index is 0.000000269. The zero-order valence-electron chi connectivity index (χ0n) is 16.1. The number of carbonyl (C=O) groups excluding carboxylic acids is 2. The Labute approximate surface area is 170 Å². The van der Waals surface area contributed by atoms with Gasteiger partial charge in [-0.25, -0.2) is 13.2 Å². The first-order valence-electron chi connectivity index (χ1n) is 9.05. The molecular weight excluding hydrogens is 406 g/mol. The van der Waals surface area contributed by atoms with Gasteiger partial charge in [0.05, 0.1) is 7.11 Å². The summed E-state index contributed by atoms with van der Waals surface area (Å²) in [5.41, 5.74) is 5.42. The molecule has 3 N–H and O–H groups in total. The first kappa shape index (κ1) is 23.1. The van der Waals surface area contributed by atoms with Gasteiger partial charge in [0.2, 0.25) is 17.6 Å². The number of methoxy groups -OCH3 is 1. The highest BCUT2D eigenvalue weighted by Crippen LogP contribution is 2.37. The third-order valence-corrected chi connectivity index (χ3v) is 4.43. The molecule has 0 radical (unpaired) electrons. The van der Waals surface area contributed by atoms with Gasteiger partial charge in [0, 0.05) is 30.6 Å². The van der Waals surface area contributed by atoms with Crippen LogP contribution in [0.25, 0.3) is 0 Å². The number of alkyl halides is 2. The predicted octanol–water partition coefficient (Wildman–Crippen LogP) is 3.92. The number of anilines is 1. The Morgan fingerprint density at radius 3 is 2.60 bits per heavy atom. The second-order valence-electron chi connectivity index (χ2n) is 6.69. The van der Waals surface area contributed by atoms with Gasteiger partial charge in [-0.15, -0.1) is 0 Å². The van der Waals surface area contributed by atoms with Gasteiger partial charge in [0.15, 0.2) is 11.6 Å². The van der Waals surface area contributed by atoms with E-state index in [0.29, 0.717) is 18.5 Å². The third-order valence-electron chi connectivity index (χ3n) is 4.43. The van der Waals surface area contributed by atoms with Gasteiger partial charge in [-0.05, 0) is 37.1 Å². The lowest BCUT2D eigenvalue weighted by Gasteiger charge is -2.27. The standard InChI is InChI=1S/C13H15F2N3O2.C7H6F2O/c14-13(15)4-1-2-8(7-13)12(20)18-9-3-5-17-10(6-9)11(16)19;1-10-6-4-2-3-5(8)7(6)9/h3,5-6,8H,1-2,4,7H2,(H2,16,19)(H,17,18,20);2-4H,1H3. The van der Waals surface area contributed by atoms with Gasteiger partial charge in [-0.1, -0.05) is 6.07 Å². The highest BCUT2D eigenvalue weighted by molar-refractivity contribution is 5.95. The van der Waals surface area contributed by atoms with Crippen molar-refractivity contribution >= 4 is 17.5 Å². The Kier molecular flexibility index (Phi) is 7.73. The summed E-state index contributed by atoms with van der Waals surface area (Å²) in [5, 5.41) is 2.52. The van der Waals surface area contributed by atoms with Crippen LogP contribution in [0.2, 0.25) is 0 Å². The normalized spacial score (nSPS) is 17.3. The Morgan fingerprint density at radius 1 is 1.27 bits per heavy atom. The molecule has 10 heteroatoms. The SMILES string of the molecule is COc1cccc(F)c1F.NC(=O)c1cc(NC(=O)C2CCCC(F)(F)C2)ccn1. The van der Waals surface area contributed by atoms with Crippen molar-refractivity contribution in [3.63, 3.8) is 0 Å². The van der Waals surface area contributed by atoms with Gasteiger partial charge in [0.1, 0.15) is 5.69 Å². The average molecular weight is 427 g/mol. The van der Waals surface area contributed by atoms with E-state index in [1.807, 2.05) is 0 Å². The lowest BCUT2D eigenvalue weighted by atomic mass is 9.86. The van der Waals surface area contributed by atoms with E-state index in [4.69, 9.17) is 5.73 Å². The van der Waals surface area contributed by atoms with Gasteiger partial charge in [-0.2, -0.15) is 4.39 Å². The predicted molar refractivity (Wildman–Crippen MR) is 101 cm³/mol. The van der Waals surface area contributed by atoms with Crippen molar-refractivity contribution in [2.75, 3.05) is 12.4 Å². The number of aromatic nitrogens is 1. The van der Waals surface area contributed by atoms with Crippen LogP contribution in [0.5, 0.6) is 5.75 Å². The first-order valence-corrected chi connectivity index (χ1v) is 9.05. The van der Waals surface area contributed by atoms with Crippen LogP contribution in [0.15, 0.2) is 36.5 Å². The topological polar surface area (TPSA) is 94.3 Å². The number of carbonyl (C=O) groups is 2. The van der Waals surface area contributed by atoms with Crippen LogP contribution in [0.3, 0.4) is 0 Å². The number of nitrogens with zero attached hydrogens (tertiary/aromatic N) is 1. The highest BCUT2D eigenvalue weighted by atomic mass is 19.3. The second kappa shape index (κ2) is 10.0. The zero-order chi connectivity index (χ0) is 22.3. The number of hydrogen-bond acceptors (Lipinski definition) is 4. The third kappa shape index (κ3) is 6.43. The molecule has 0 spiro atoms. The van der Waals surface area contributed by atoms with Crippen molar-refractivity contribution in [3.05, 3.63) is 53.9 Å². The molecule has 2 aromatic rings. The van der Waals surface area contributed by atoms with E-state index in [-0.39, 0.29) is 17.9 Å². The minimum Gasteiger partial charge on any atom is -0.494 e. The Bertz CT molecular complexity index is 909. The number of primary amides is 1. The lowest BCUT2D eigenvalue weighted by Crippen LogP contribution is -2.33.